The summed E-state index contributed by atoms with van der Waals surface area (Å²) >= 11 is 0. The molecule has 2 N–H and O–H groups in total. The highest BCUT2D eigenvalue weighted by atomic mass is 19.4. The average Bonchev–Trinajstić information content (AvgIpc) is 3.33. The molecule has 206 valence electrons. The third-order valence-electron chi connectivity index (χ3n) is 6.72. The van der Waals surface area contributed by atoms with E-state index in [-0.39, 0.29) is 71.6 Å². The van der Waals surface area contributed by atoms with Gasteiger partial charge in [-0.2, -0.15) is 13.2 Å². The van der Waals surface area contributed by atoms with Crippen molar-refractivity contribution in [2.24, 2.45) is 5.73 Å². The number of carbonyl (C=O) groups excluding carboxylic acids is 3. The molecular formula is C25H24F3N5O6. The Morgan fingerprint density at radius 3 is 2.59 bits per heavy atom. The van der Waals surface area contributed by atoms with E-state index in [4.69, 9.17) is 19.6 Å². The number of oxazole rings is 1. The molecule has 2 aliphatic rings. The van der Waals surface area contributed by atoms with Gasteiger partial charge in [-0.25, -0.2) is 14.8 Å². The lowest BCUT2D eigenvalue weighted by Crippen LogP contribution is -2.67. The van der Waals surface area contributed by atoms with Gasteiger partial charge in [-0.15, -0.1) is 0 Å². The van der Waals surface area contributed by atoms with Crippen LogP contribution in [0.4, 0.5) is 13.2 Å². The zero-order valence-electron chi connectivity index (χ0n) is 21.2. The lowest BCUT2D eigenvalue weighted by molar-refractivity contribution is -0.191. The standard InChI is InChI=1S/C25H24F3N5O6/c1-24(2)23(36)33-9-8-32(11-14(33)22(35)39-24)21(34)19-16(10-29)38-20(31-19)13-4-6-15(37-3)18-12(13)5-7-17(30-18)25(26,27)28/h4-7,14H,8-11,29H2,1-3H3. The van der Waals surface area contributed by atoms with Crippen molar-refractivity contribution in [1.29, 1.82) is 0 Å². The van der Waals surface area contributed by atoms with Crippen molar-refractivity contribution in [3.05, 3.63) is 41.4 Å². The molecule has 2 saturated heterocycles. The number of aromatic nitrogens is 2. The molecular weight excluding hydrogens is 523 g/mol. The van der Waals surface area contributed by atoms with E-state index in [1.165, 1.54) is 49.0 Å². The molecule has 2 aliphatic heterocycles. The van der Waals surface area contributed by atoms with Gasteiger partial charge in [0.05, 0.1) is 20.2 Å². The number of methoxy groups -OCH3 is 1. The number of carbonyl (C=O) groups is 3. The molecule has 0 bridgehead atoms. The van der Waals surface area contributed by atoms with E-state index in [1.807, 2.05) is 0 Å². The maximum atomic E-state index is 13.5. The normalized spacial score (nSPS) is 19.2. The van der Waals surface area contributed by atoms with Crippen LogP contribution in [-0.4, -0.2) is 75.9 Å². The van der Waals surface area contributed by atoms with E-state index in [0.717, 1.165) is 6.07 Å². The smallest absolute Gasteiger partial charge is 0.433 e. The van der Waals surface area contributed by atoms with Gasteiger partial charge in [-0.1, -0.05) is 0 Å². The van der Waals surface area contributed by atoms with Gasteiger partial charge < -0.3 is 29.4 Å². The lowest BCUT2D eigenvalue weighted by atomic mass is 10.0. The van der Waals surface area contributed by atoms with Crippen LogP contribution in [-0.2, 0) is 27.0 Å². The number of rotatable bonds is 4. The van der Waals surface area contributed by atoms with Gasteiger partial charge in [-0.05, 0) is 38.1 Å². The van der Waals surface area contributed by atoms with Crippen LogP contribution in [0, 0.1) is 0 Å². The first kappa shape index (κ1) is 26.4. The van der Waals surface area contributed by atoms with Gasteiger partial charge in [0, 0.05) is 24.0 Å². The molecule has 3 aromatic rings. The number of ether oxygens (including phenoxy) is 2. The number of nitrogens with two attached hydrogens (primary N) is 1. The number of cyclic esters (lactones) is 1. The van der Waals surface area contributed by atoms with Crippen LogP contribution in [0.5, 0.6) is 5.75 Å². The summed E-state index contributed by atoms with van der Waals surface area (Å²) in [6, 6.07) is 4.04. The molecule has 14 heteroatoms. The van der Waals surface area contributed by atoms with Crippen molar-refractivity contribution in [2.75, 3.05) is 26.7 Å². The van der Waals surface area contributed by atoms with Crippen LogP contribution in [0.15, 0.2) is 28.7 Å². The summed E-state index contributed by atoms with van der Waals surface area (Å²) in [5.74, 6) is -1.45. The Hall–Kier alpha value is -4.20. The molecule has 1 aromatic carbocycles. The van der Waals surface area contributed by atoms with Crippen molar-refractivity contribution in [3.8, 4) is 17.2 Å². The number of morpholine rings is 1. The number of pyridine rings is 1. The maximum absolute atomic E-state index is 13.5. The zero-order chi connectivity index (χ0) is 28.3. The Labute approximate surface area is 219 Å². The van der Waals surface area contributed by atoms with E-state index in [2.05, 4.69) is 9.97 Å². The van der Waals surface area contributed by atoms with Crippen LogP contribution >= 0.6 is 0 Å². The molecule has 2 amide bonds. The minimum Gasteiger partial charge on any atom is -0.494 e. The van der Waals surface area contributed by atoms with Gasteiger partial charge in [0.15, 0.2) is 17.1 Å². The zero-order valence-corrected chi connectivity index (χ0v) is 21.2. The molecule has 0 radical (unpaired) electrons. The molecule has 5 rings (SSSR count). The minimum atomic E-state index is -4.67. The second kappa shape index (κ2) is 9.22. The van der Waals surface area contributed by atoms with E-state index in [9.17, 15) is 27.6 Å². The fourth-order valence-electron chi connectivity index (χ4n) is 4.74. The van der Waals surface area contributed by atoms with E-state index in [1.54, 1.807) is 0 Å². The fourth-order valence-corrected chi connectivity index (χ4v) is 4.74. The summed E-state index contributed by atoms with van der Waals surface area (Å²) in [6.07, 6.45) is -4.67. The largest absolute Gasteiger partial charge is 0.494 e. The van der Waals surface area contributed by atoms with Crippen molar-refractivity contribution in [3.63, 3.8) is 0 Å². The first-order valence-corrected chi connectivity index (χ1v) is 11.9. The summed E-state index contributed by atoms with van der Waals surface area (Å²) in [5.41, 5.74) is 3.53. The summed E-state index contributed by atoms with van der Waals surface area (Å²) in [6.45, 7) is 2.96. The molecule has 0 aliphatic carbocycles. The number of alkyl halides is 3. The summed E-state index contributed by atoms with van der Waals surface area (Å²) in [4.78, 5) is 49.6. The molecule has 1 atom stereocenters. The predicted octanol–water partition coefficient (Wildman–Crippen LogP) is 2.36. The third-order valence-corrected chi connectivity index (χ3v) is 6.72. The number of esters is 1. The Kier molecular flexibility index (Phi) is 6.24. The molecule has 4 heterocycles. The van der Waals surface area contributed by atoms with E-state index in [0.29, 0.717) is 0 Å². The van der Waals surface area contributed by atoms with Crippen LogP contribution in [0.3, 0.4) is 0 Å². The highest BCUT2D eigenvalue weighted by Crippen LogP contribution is 2.37. The topological polar surface area (TPSA) is 141 Å². The number of piperazine rings is 1. The Balaban J connectivity index is 1.49. The molecule has 0 saturated carbocycles. The maximum Gasteiger partial charge on any atom is 0.433 e. The number of fused-ring (bicyclic) bond motifs is 2. The van der Waals surface area contributed by atoms with Crippen molar-refractivity contribution >= 4 is 28.7 Å². The Morgan fingerprint density at radius 2 is 1.92 bits per heavy atom. The van der Waals surface area contributed by atoms with Crippen LogP contribution in [0.25, 0.3) is 22.4 Å². The SMILES string of the molecule is COc1ccc(-c2nc(C(=O)N3CCN4C(=O)C(C)(C)OC(=O)C4C3)c(CN)o2)c2ccc(C(F)(F)F)nc12. The molecule has 2 fully saturated rings. The second-order valence-electron chi connectivity index (χ2n) is 9.60. The quantitative estimate of drug-likeness (QED) is 0.487. The molecule has 11 nitrogen and oxygen atoms in total. The van der Waals surface area contributed by atoms with Gasteiger partial charge in [-0.3, -0.25) is 9.59 Å². The monoisotopic (exact) mass is 547 g/mol. The van der Waals surface area contributed by atoms with Gasteiger partial charge in [0.25, 0.3) is 11.8 Å². The summed E-state index contributed by atoms with van der Waals surface area (Å²) in [7, 11) is 1.31. The second-order valence-corrected chi connectivity index (χ2v) is 9.60. The average molecular weight is 547 g/mol. The van der Waals surface area contributed by atoms with E-state index < -0.39 is 35.4 Å². The molecule has 0 spiro atoms. The number of halogens is 3. The fraction of sp³-hybridized carbons (Fsp3) is 0.400. The van der Waals surface area contributed by atoms with Gasteiger partial charge >= 0.3 is 12.1 Å². The minimum absolute atomic E-state index is 0.0460. The van der Waals surface area contributed by atoms with Gasteiger partial charge in [0.2, 0.25) is 5.89 Å². The highest BCUT2D eigenvalue weighted by molar-refractivity contribution is 5.99. The van der Waals surface area contributed by atoms with Crippen LogP contribution < -0.4 is 10.5 Å². The Morgan fingerprint density at radius 1 is 1.18 bits per heavy atom. The third kappa shape index (κ3) is 4.43. The van der Waals surface area contributed by atoms with Gasteiger partial charge in [0.1, 0.15) is 23.0 Å². The summed E-state index contributed by atoms with van der Waals surface area (Å²) < 4.78 is 56.1. The number of hydrogen-bond donors (Lipinski definition) is 1. The predicted molar refractivity (Wildman–Crippen MR) is 128 cm³/mol. The first-order chi connectivity index (χ1) is 18.4. The van der Waals surface area contributed by atoms with E-state index >= 15 is 0 Å². The van der Waals surface area contributed by atoms with Crippen LogP contribution in [0.1, 0.15) is 35.8 Å². The Bertz CT molecular complexity index is 1500. The highest BCUT2D eigenvalue weighted by Gasteiger charge is 2.50. The number of nitrogens with zero attached hydrogens (tertiary/aromatic N) is 4. The van der Waals surface area contributed by atoms with Crippen molar-refractivity contribution in [1.82, 2.24) is 19.8 Å². The number of benzene rings is 1. The van der Waals surface area contributed by atoms with Crippen molar-refractivity contribution < 1.29 is 41.4 Å². The number of amides is 2. The lowest BCUT2D eigenvalue weighted by Gasteiger charge is -2.46. The number of hydrogen-bond acceptors (Lipinski definition) is 9. The molecule has 2 aromatic heterocycles. The first-order valence-electron chi connectivity index (χ1n) is 11.9. The molecule has 1 unspecified atom stereocenters. The van der Waals surface area contributed by atoms with Crippen LogP contribution in [0.2, 0.25) is 0 Å². The molecule has 39 heavy (non-hydrogen) atoms. The van der Waals surface area contributed by atoms with Crippen molar-refractivity contribution in [2.45, 2.75) is 38.2 Å². The summed E-state index contributed by atoms with van der Waals surface area (Å²) in [5, 5.41) is 0.255.